The number of aromatic amines is 1. The Balaban J connectivity index is 2.77. The summed E-state index contributed by atoms with van der Waals surface area (Å²) in [4.78, 5) is 16.3. The molecule has 1 unspecified atom stereocenters. The summed E-state index contributed by atoms with van der Waals surface area (Å²) in [7, 11) is 1.59. The minimum absolute atomic E-state index is 0.531. The van der Waals surface area contributed by atoms with E-state index in [1.54, 1.807) is 27.9 Å². The van der Waals surface area contributed by atoms with Crippen LogP contribution in [0.15, 0.2) is 18.2 Å². The summed E-state index contributed by atoms with van der Waals surface area (Å²) in [5.74, 6) is 0.00696. The fourth-order valence-corrected chi connectivity index (χ4v) is 3.03. The Hall–Kier alpha value is -2.01. The molecule has 0 saturated heterocycles. The van der Waals surface area contributed by atoms with Crippen LogP contribution in [0.1, 0.15) is 52.8 Å². The first-order valence-corrected chi connectivity index (χ1v) is 8.44. The lowest BCUT2D eigenvalue weighted by molar-refractivity contribution is -0.191. The van der Waals surface area contributed by atoms with E-state index >= 15 is 0 Å². The van der Waals surface area contributed by atoms with Gasteiger partial charge in [0.1, 0.15) is 11.4 Å². The van der Waals surface area contributed by atoms with E-state index in [1.165, 1.54) is 0 Å². The highest BCUT2D eigenvalue weighted by Crippen LogP contribution is 2.46. The van der Waals surface area contributed by atoms with Crippen molar-refractivity contribution in [2.24, 2.45) is 5.41 Å². The first-order valence-electron chi connectivity index (χ1n) is 8.44. The maximum absolute atomic E-state index is 13.1. The van der Waals surface area contributed by atoms with Crippen LogP contribution in [0, 0.1) is 12.3 Å². The van der Waals surface area contributed by atoms with Crippen molar-refractivity contribution in [3.8, 4) is 5.75 Å². The molecule has 0 aliphatic carbocycles. The molecule has 1 aromatic heterocycles. The predicted octanol–water partition coefficient (Wildman–Crippen LogP) is 4.06. The summed E-state index contributed by atoms with van der Waals surface area (Å²) in [6.07, 6.45) is 0. The van der Waals surface area contributed by atoms with Gasteiger partial charge in [-0.15, -0.1) is 0 Å². The van der Waals surface area contributed by atoms with Gasteiger partial charge in [0.2, 0.25) is 0 Å². The molecule has 2 N–H and O–H groups in total. The van der Waals surface area contributed by atoms with Crippen molar-refractivity contribution in [1.29, 1.82) is 0 Å². The predicted molar refractivity (Wildman–Crippen MR) is 98.8 cm³/mol. The fraction of sp³-hybridized carbons (Fsp3) is 0.550. The number of hydrogen-bond acceptors (Lipinski definition) is 4. The normalized spacial score (nSPS) is 15.1. The minimum atomic E-state index is -1.81. The third-order valence-electron chi connectivity index (χ3n) is 4.33. The molecule has 0 saturated carbocycles. The van der Waals surface area contributed by atoms with Crippen molar-refractivity contribution in [3.63, 3.8) is 0 Å². The molecule has 5 heteroatoms. The lowest BCUT2D eigenvalue weighted by atomic mass is 9.71. The number of fused-ring (bicyclic) bond motifs is 1. The van der Waals surface area contributed by atoms with Crippen molar-refractivity contribution < 1.29 is 19.4 Å². The summed E-state index contributed by atoms with van der Waals surface area (Å²) in [6, 6.07) is 5.55. The van der Waals surface area contributed by atoms with Gasteiger partial charge in [-0.1, -0.05) is 20.8 Å². The van der Waals surface area contributed by atoms with E-state index in [1.807, 2.05) is 45.9 Å². The average molecular weight is 347 g/mol. The van der Waals surface area contributed by atoms with Crippen LogP contribution in [-0.4, -0.2) is 28.8 Å². The molecule has 0 radical (unpaired) electrons. The Morgan fingerprint density at radius 1 is 1.12 bits per heavy atom. The maximum atomic E-state index is 13.1. The quantitative estimate of drug-likeness (QED) is 0.821. The Labute approximate surface area is 149 Å². The number of carbonyl (C=O) groups is 1. The van der Waals surface area contributed by atoms with Gasteiger partial charge in [-0.2, -0.15) is 0 Å². The number of aliphatic hydroxyl groups is 1. The number of carbonyl (C=O) groups excluding carboxylic acids is 1. The van der Waals surface area contributed by atoms with Crippen LogP contribution < -0.4 is 4.74 Å². The lowest BCUT2D eigenvalue weighted by Crippen LogP contribution is -2.50. The van der Waals surface area contributed by atoms with Gasteiger partial charge in [0.15, 0.2) is 5.60 Å². The molecular formula is C20H29NO4. The van der Waals surface area contributed by atoms with Crippen LogP contribution in [0.5, 0.6) is 5.75 Å². The van der Waals surface area contributed by atoms with Gasteiger partial charge in [-0.25, -0.2) is 4.79 Å². The molecule has 0 aliphatic rings. The minimum Gasteiger partial charge on any atom is -0.497 e. The molecule has 2 aromatic rings. The van der Waals surface area contributed by atoms with E-state index in [0.29, 0.717) is 11.3 Å². The number of hydrogen-bond donors (Lipinski definition) is 2. The van der Waals surface area contributed by atoms with Crippen molar-refractivity contribution in [2.75, 3.05) is 7.11 Å². The lowest BCUT2D eigenvalue weighted by Gasteiger charge is -2.40. The number of benzene rings is 1. The van der Waals surface area contributed by atoms with Crippen LogP contribution in [-0.2, 0) is 15.1 Å². The van der Waals surface area contributed by atoms with E-state index in [9.17, 15) is 9.90 Å². The molecule has 0 bridgehead atoms. The number of nitrogens with one attached hydrogen (secondary N) is 1. The Bertz CT molecular complexity index is 792. The highest BCUT2D eigenvalue weighted by molar-refractivity contribution is 5.94. The number of methoxy groups -OCH3 is 1. The molecule has 0 aliphatic heterocycles. The van der Waals surface area contributed by atoms with Crippen molar-refractivity contribution in [3.05, 3.63) is 29.5 Å². The number of esters is 1. The standard InChI is InChI=1S/C20H29NO4/c1-12-16(14-11-13(24-8)9-10-15(14)21-12)20(23,18(2,3)4)17(22)25-19(5,6)7/h9-11,21,23H,1-8H3. The molecule has 1 atom stereocenters. The summed E-state index contributed by atoms with van der Waals surface area (Å²) >= 11 is 0. The van der Waals surface area contributed by atoms with Crippen LogP contribution in [0.4, 0.5) is 0 Å². The molecule has 0 fully saturated rings. The monoisotopic (exact) mass is 347 g/mol. The molecule has 0 amide bonds. The molecule has 1 aromatic carbocycles. The fourth-order valence-electron chi connectivity index (χ4n) is 3.03. The number of aromatic nitrogens is 1. The second kappa shape index (κ2) is 6.06. The van der Waals surface area contributed by atoms with Gasteiger partial charge < -0.3 is 19.6 Å². The summed E-state index contributed by atoms with van der Waals surface area (Å²) in [5.41, 5.74) is -1.20. The number of aryl methyl sites for hydroxylation is 1. The van der Waals surface area contributed by atoms with Crippen LogP contribution in [0.2, 0.25) is 0 Å². The SMILES string of the molecule is COc1ccc2[nH]c(C)c(C(O)(C(=O)OC(C)(C)C)C(C)(C)C)c2c1. The third-order valence-corrected chi connectivity index (χ3v) is 4.33. The highest BCUT2D eigenvalue weighted by Gasteiger charge is 2.53. The van der Waals surface area contributed by atoms with Gasteiger partial charge in [0, 0.05) is 27.6 Å². The number of H-pyrrole nitrogens is 1. The van der Waals surface area contributed by atoms with Gasteiger partial charge in [-0.3, -0.25) is 0 Å². The van der Waals surface area contributed by atoms with E-state index < -0.39 is 22.6 Å². The van der Waals surface area contributed by atoms with Crippen molar-refractivity contribution in [2.45, 2.75) is 59.7 Å². The van der Waals surface area contributed by atoms with Gasteiger partial charge in [0.25, 0.3) is 0 Å². The van der Waals surface area contributed by atoms with Crippen LogP contribution >= 0.6 is 0 Å². The molecule has 0 spiro atoms. The van der Waals surface area contributed by atoms with E-state index in [2.05, 4.69) is 4.98 Å². The summed E-state index contributed by atoms with van der Waals surface area (Å²) in [5, 5.41) is 12.4. The second-order valence-electron chi connectivity index (χ2n) is 8.50. The summed E-state index contributed by atoms with van der Waals surface area (Å²) in [6.45, 7) is 12.7. The van der Waals surface area contributed by atoms with E-state index in [-0.39, 0.29) is 0 Å². The second-order valence-corrected chi connectivity index (χ2v) is 8.50. The molecule has 5 nitrogen and oxygen atoms in total. The smallest absolute Gasteiger partial charge is 0.344 e. The zero-order valence-electron chi connectivity index (χ0n) is 16.4. The summed E-state index contributed by atoms with van der Waals surface area (Å²) < 4.78 is 10.9. The van der Waals surface area contributed by atoms with Crippen molar-refractivity contribution >= 4 is 16.9 Å². The molecule has 2 rings (SSSR count). The third kappa shape index (κ3) is 3.38. The topological polar surface area (TPSA) is 71.5 Å². The first kappa shape index (κ1) is 19.3. The zero-order valence-corrected chi connectivity index (χ0v) is 16.4. The Kier molecular flexibility index (Phi) is 4.68. The number of rotatable bonds is 3. The molecule has 25 heavy (non-hydrogen) atoms. The highest BCUT2D eigenvalue weighted by atomic mass is 16.6. The van der Waals surface area contributed by atoms with E-state index in [4.69, 9.17) is 9.47 Å². The zero-order chi connectivity index (χ0) is 19.2. The van der Waals surface area contributed by atoms with Gasteiger partial charge in [-0.05, 0) is 45.9 Å². The van der Waals surface area contributed by atoms with Crippen LogP contribution in [0.3, 0.4) is 0 Å². The van der Waals surface area contributed by atoms with Gasteiger partial charge >= 0.3 is 5.97 Å². The average Bonchev–Trinajstić information content (AvgIpc) is 2.78. The number of ether oxygens (including phenoxy) is 2. The molecular weight excluding hydrogens is 318 g/mol. The molecule has 1 heterocycles. The van der Waals surface area contributed by atoms with Gasteiger partial charge in [0.05, 0.1) is 7.11 Å². The maximum Gasteiger partial charge on any atom is 0.344 e. The Morgan fingerprint density at radius 2 is 1.72 bits per heavy atom. The molecule has 138 valence electrons. The van der Waals surface area contributed by atoms with Crippen LogP contribution in [0.25, 0.3) is 10.9 Å². The van der Waals surface area contributed by atoms with Crippen molar-refractivity contribution in [1.82, 2.24) is 4.98 Å². The Morgan fingerprint density at radius 3 is 2.20 bits per heavy atom. The van der Waals surface area contributed by atoms with E-state index in [0.717, 1.165) is 16.6 Å². The first-order chi connectivity index (χ1) is 11.3. The largest absolute Gasteiger partial charge is 0.497 e.